The van der Waals surface area contributed by atoms with Crippen LogP contribution in [0, 0.1) is 19.7 Å². The van der Waals surface area contributed by atoms with Crippen LogP contribution >= 0.6 is 0 Å². The quantitative estimate of drug-likeness (QED) is 0.599. The molecule has 2 aromatic heterocycles. The lowest BCUT2D eigenvalue weighted by molar-refractivity contribution is -0.138. The van der Waals surface area contributed by atoms with Gasteiger partial charge in [-0.1, -0.05) is 0 Å². The number of hydrogen-bond acceptors (Lipinski definition) is 6. The number of aryl methyl sites for hydroxylation is 1. The smallest absolute Gasteiger partial charge is 0.374 e. The average Bonchev–Trinajstić information content (AvgIpc) is 3.38. The van der Waals surface area contributed by atoms with Gasteiger partial charge in [-0.2, -0.15) is 18.3 Å². The van der Waals surface area contributed by atoms with Crippen molar-refractivity contribution in [2.75, 3.05) is 23.4 Å². The first-order chi connectivity index (χ1) is 15.2. The third-order valence-corrected chi connectivity index (χ3v) is 6.26. The van der Waals surface area contributed by atoms with E-state index < -0.39 is 17.6 Å². The number of rotatable bonds is 4. The Morgan fingerprint density at radius 2 is 1.97 bits per heavy atom. The van der Waals surface area contributed by atoms with Gasteiger partial charge < -0.3 is 15.0 Å². The molecule has 0 spiro atoms. The van der Waals surface area contributed by atoms with Gasteiger partial charge >= 0.3 is 6.18 Å². The molecule has 0 radical (unpaired) electrons. The number of ether oxygens (including phenoxy) is 1. The Morgan fingerprint density at radius 1 is 1.16 bits per heavy atom. The van der Waals surface area contributed by atoms with Gasteiger partial charge in [0.05, 0.1) is 30.0 Å². The molecule has 2 aliphatic heterocycles. The number of morpholine rings is 1. The monoisotopic (exact) mass is 447 g/mol. The van der Waals surface area contributed by atoms with Gasteiger partial charge in [-0.15, -0.1) is 5.10 Å². The number of benzene rings is 1. The van der Waals surface area contributed by atoms with E-state index in [4.69, 9.17) is 4.74 Å². The molecule has 0 saturated carbocycles. The molecule has 168 valence electrons. The molecular formula is C22H21F4N5O. The summed E-state index contributed by atoms with van der Waals surface area (Å²) < 4.78 is 59.3. The highest BCUT2D eigenvalue weighted by atomic mass is 19.4. The molecule has 0 aliphatic carbocycles. The Labute approximate surface area is 181 Å². The maximum atomic E-state index is 13.9. The molecule has 1 N–H and O–H groups in total. The Balaban J connectivity index is 1.48. The average molecular weight is 447 g/mol. The van der Waals surface area contributed by atoms with Gasteiger partial charge in [-0.25, -0.2) is 9.37 Å². The highest BCUT2D eigenvalue weighted by Crippen LogP contribution is 2.36. The van der Waals surface area contributed by atoms with Crippen molar-refractivity contribution in [2.45, 2.75) is 45.1 Å². The Hall–Kier alpha value is -3.01. The molecule has 5 rings (SSSR count). The van der Waals surface area contributed by atoms with Crippen LogP contribution in [0.5, 0.6) is 0 Å². The third-order valence-electron chi connectivity index (χ3n) is 6.26. The minimum absolute atomic E-state index is 0.0220. The maximum absolute atomic E-state index is 13.9. The van der Waals surface area contributed by atoms with Crippen molar-refractivity contribution in [1.82, 2.24) is 15.2 Å². The highest BCUT2D eigenvalue weighted by molar-refractivity contribution is 5.94. The van der Waals surface area contributed by atoms with Crippen LogP contribution in [-0.2, 0) is 17.5 Å². The van der Waals surface area contributed by atoms with Gasteiger partial charge in [-0.3, -0.25) is 0 Å². The van der Waals surface area contributed by atoms with E-state index in [1.807, 2.05) is 13.0 Å². The summed E-state index contributed by atoms with van der Waals surface area (Å²) in [5.41, 5.74) is -0.105. The molecule has 2 saturated heterocycles. The van der Waals surface area contributed by atoms with Gasteiger partial charge in [0, 0.05) is 30.1 Å². The largest absolute Gasteiger partial charge is 0.416 e. The van der Waals surface area contributed by atoms with E-state index in [0.717, 1.165) is 35.6 Å². The van der Waals surface area contributed by atoms with Gasteiger partial charge in [0.2, 0.25) is 0 Å². The summed E-state index contributed by atoms with van der Waals surface area (Å²) in [6.45, 7) is 4.57. The Bertz CT molecular complexity index is 1200. The van der Waals surface area contributed by atoms with E-state index in [1.165, 1.54) is 6.92 Å². The zero-order valence-corrected chi connectivity index (χ0v) is 17.5. The SMILES string of the molecule is Cc1c(CNc2nnc(C)c3cnc(N4C[C@H]5C[C@@H]4CO5)cc23)cc(F)cc1C(F)(F)F. The lowest BCUT2D eigenvalue weighted by Gasteiger charge is -2.28. The number of alkyl halides is 3. The van der Waals surface area contributed by atoms with E-state index in [0.29, 0.717) is 24.2 Å². The zero-order valence-electron chi connectivity index (χ0n) is 17.5. The first-order valence-electron chi connectivity index (χ1n) is 10.3. The molecule has 2 bridgehead atoms. The minimum atomic E-state index is -4.63. The third kappa shape index (κ3) is 3.62. The summed E-state index contributed by atoms with van der Waals surface area (Å²) in [6, 6.07) is 3.83. The van der Waals surface area contributed by atoms with Crippen molar-refractivity contribution in [1.29, 1.82) is 0 Å². The van der Waals surface area contributed by atoms with Crippen molar-refractivity contribution in [3.8, 4) is 0 Å². The molecule has 3 aromatic rings. The number of hydrogen-bond donors (Lipinski definition) is 1. The molecule has 0 amide bonds. The second-order valence-electron chi connectivity index (χ2n) is 8.31. The molecule has 2 fully saturated rings. The van der Waals surface area contributed by atoms with Gasteiger partial charge in [0.1, 0.15) is 11.6 Å². The number of halogens is 4. The summed E-state index contributed by atoms with van der Waals surface area (Å²) in [5, 5.41) is 13.0. The molecule has 32 heavy (non-hydrogen) atoms. The number of anilines is 2. The zero-order chi connectivity index (χ0) is 22.6. The summed E-state index contributed by atoms with van der Waals surface area (Å²) in [5.74, 6) is 0.273. The van der Waals surface area contributed by atoms with Crippen molar-refractivity contribution >= 4 is 22.4 Å². The predicted octanol–water partition coefficient (Wildman–Crippen LogP) is 4.39. The van der Waals surface area contributed by atoms with Gasteiger partial charge in [0.25, 0.3) is 0 Å². The van der Waals surface area contributed by atoms with Crippen LogP contribution in [0.4, 0.5) is 29.2 Å². The molecule has 10 heteroatoms. The summed E-state index contributed by atoms with van der Waals surface area (Å²) in [7, 11) is 0. The molecule has 1 aromatic carbocycles. The van der Waals surface area contributed by atoms with Crippen molar-refractivity contribution in [3.63, 3.8) is 0 Å². The number of aromatic nitrogens is 3. The first-order valence-corrected chi connectivity index (χ1v) is 10.3. The number of nitrogens with zero attached hydrogens (tertiary/aromatic N) is 4. The highest BCUT2D eigenvalue weighted by Gasteiger charge is 2.39. The fourth-order valence-electron chi connectivity index (χ4n) is 4.52. The predicted molar refractivity (Wildman–Crippen MR) is 111 cm³/mol. The van der Waals surface area contributed by atoms with Crippen LogP contribution in [0.3, 0.4) is 0 Å². The number of nitrogens with one attached hydrogen (secondary N) is 1. The van der Waals surface area contributed by atoms with E-state index in [-0.39, 0.29) is 29.8 Å². The van der Waals surface area contributed by atoms with Crippen LogP contribution in [-0.4, -0.2) is 40.5 Å². The Morgan fingerprint density at radius 3 is 2.66 bits per heavy atom. The molecule has 6 nitrogen and oxygen atoms in total. The topological polar surface area (TPSA) is 63.2 Å². The minimum Gasteiger partial charge on any atom is -0.374 e. The van der Waals surface area contributed by atoms with E-state index >= 15 is 0 Å². The summed E-state index contributed by atoms with van der Waals surface area (Å²) in [4.78, 5) is 6.80. The van der Waals surface area contributed by atoms with Crippen LogP contribution in [0.2, 0.25) is 0 Å². The summed E-state index contributed by atoms with van der Waals surface area (Å²) >= 11 is 0. The standard InChI is InChI=1S/C22H21F4N5O/c1-11-13(3-14(23)4-19(11)22(24,25)26)7-28-21-17-6-20(27-8-18(17)12(2)29-30-21)31-9-16-5-15(31)10-32-16/h3-4,6,8,15-16H,5,7,9-10H2,1-2H3,(H,28,30)/t15-,16-/m1/s1. The normalized spacial score (nSPS) is 20.4. The van der Waals surface area contributed by atoms with Crippen LogP contribution in [0.1, 0.15) is 28.8 Å². The van der Waals surface area contributed by atoms with Crippen LogP contribution in [0.25, 0.3) is 10.8 Å². The molecule has 2 aliphatic rings. The van der Waals surface area contributed by atoms with Gasteiger partial charge in [0.15, 0.2) is 5.82 Å². The summed E-state index contributed by atoms with van der Waals surface area (Å²) in [6.07, 6.45) is -1.71. The maximum Gasteiger partial charge on any atom is 0.416 e. The van der Waals surface area contributed by atoms with Crippen LogP contribution in [0.15, 0.2) is 24.4 Å². The number of fused-ring (bicyclic) bond motifs is 3. The van der Waals surface area contributed by atoms with E-state index in [1.54, 1.807) is 6.20 Å². The van der Waals surface area contributed by atoms with E-state index in [2.05, 4.69) is 25.4 Å². The first kappa shape index (κ1) is 20.9. The fraction of sp³-hybridized carbons (Fsp3) is 0.409. The molecule has 0 unspecified atom stereocenters. The van der Waals surface area contributed by atoms with Crippen molar-refractivity contribution < 1.29 is 22.3 Å². The second-order valence-corrected chi connectivity index (χ2v) is 8.31. The van der Waals surface area contributed by atoms with E-state index in [9.17, 15) is 17.6 Å². The van der Waals surface area contributed by atoms with Crippen molar-refractivity contribution in [2.24, 2.45) is 0 Å². The lowest BCUT2D eigenvalue weighted by atomic mass is 10.0. The second kappa shape index (κ2) is 7.54. The van der Waals surface area contributed by atoms with Crippen LogP contribution < -0.4 is 10.2 Å². The molecule has 4 heterocycles. The Kier molecular flexibility index (Phi) is 4.92. The molecular weight excluding hydrogens is 426 g/mol. The van der Waals surface area contributed by atoms with Crippen molar-refractivity contribution in [3.05, 3.63) is 52.6 Å². The lowest BCUT2D eigenvalue weighted by Crippen LogP contribution is -2.37. The number of pyridine rings is 1. The van der Waals surface area contributed by atoms with Gasteiger partial charge in [-0.05, 0) is 49.6 Å². The molecule has 2 atom stereocenters. The fourth-order valence-corrected chi connectivity index (χ4v) is 4.52.